The summed E-state index contributed by atoms with van der Waals surface area (Å²) in [4.78, 5) is 11.7. The van der Waals surface area contributed by atoms with E-state index in [1.165, 1.54) is 5.57 Å². The highest BCUT2D eigenvalue weighted by molar-refractivity contribution is 5.92. The van der Waals surface area contributed by atoms with Gasteiger partial charge in [0.1, 0.15) is 11.2 Å². The van der Waals surface area contributed by atoms with Gasteiger partial charge in [-0.15, -0.1) is 0 Å². The highest BCUT2D eigenvalue weighted by Gasteiger charge is 2.79. The van der Waals surface area contributed by atoms with Gasteiger partial charge in [0.15, 0.2) is 5.78 Å². The Morgan fingerprint density at radius 3 is 2.86 bits per heavy atom. The molecule has 6 atom stereocenters. The van der Waals surface area contributed by atoms with Crippen LogP contribution in [0.25, 0.3) is 0 Å². The third-order valence-corrected chi connectivity index (χ3v) is 7.78. The molecule has 0 amide bonds. The Bertz CT molecular complexity index is 567. The molecule has 1 heterocycles. The molecule has 0 aromatic carbocycles. The van der Waals surface area contributed by atoms with Crippen molar-refractivity contribution in [3.8, 4) is 0 Å². The van der Waals surface area contributed by atoms with Crippen LogP contribution in [0.1, 0.15) is 58.3 Å². The molecule has 5 aliphatic rings. The highest BCUT2D eigenvalue weighted by atomic mass is 16.6. The predicted octanol–water partition coefficient (Wildman–Crippen LogP) is 2.76. The second kappa shape index (κ2) is 3.62. The maximum atomic E-state index is 11.7. The maximum absolute atomic E-state index is 11.7. The Labute approximate surface area is 125 Å². The third kappa shape index (κ3) is 1.28. The van der Waals surface area contributed by atoms with Gasteiger partial charge in [0.25, 0.3) is 0 Å². The lowest BCUT2D eigenvalue weighted by Crippen LogP contribution is -2.52. The summed E-state index contributed by atoms with van der Waals surface area (Å²) in [6.45, 7) is 2.30. The fourth-order valence-electron chi connectivity index (χ4n) is 6.60. The molecular formula is C18H24O3. The van der Waals surface area contributed by atoms with Gasteiger partial charge >= 0.3 is 0 Å². The van der Waals surface area contributed by atoms with Crippen molar-refractivity contribution in [3.63, 3.8) is 0 Å². The number of carbonyl (C=O) groups is 1. The summed E-state index contributed by atoms with van der Waals surface area (Å²) >= 11 is 0. The molecule has 21 heavy (non-hydrogen) atoms. The second-order valence-corrected chi connectivity index (χ2v) is 8.31. The average Bonchev–Trinajstić information content (AvgIpc) is 3.04. The zero-order valence-corrected chi connectivity index (χ0v) is 12.7. The lowest BCUT2D eigenvalue weighted by Gasteiger charge is -2.50. The first-order valence-electron chi connectivity index (χ1n) is 8.64. The summed E-state index contributed by atoms with van der Waals surface area (Å²) in [7, 11) is 0. The first-order valence-corrected chi connectivity index (χ1v) is 8.64. The molecule has 0 unspecified atom stereocenters. The van der Waals surface area contributed by atoms with Gasteiger partial charge in [-0.05, 0) is 73.8 Å². The minimum absolute atomic E-state index is 0.0199. The fourth-order valence-corrected chi connectivity index (χ4v) is 6.60. The Morgan fingerprint density at radius 2 is 2.00 bits per heavy atom. The van der Waals surface area contributed by atoms with Crippen LogP contribution >= 0.6 is 0 Å². The van der Waals surface area contributed by atoms with E-state index >= 15 is 0 Å². The summed E-state index contributed by atoms with van der Waals surface area (Å²) < 4.78 is 6.50. The van der Waals surface area contributed by atoms with Crippen molar-refractivity contribution in [2.75, 3.05) is 0 Å². The molecule has 1 N–H and O–H groups in total. The Morgan fingerprint density at radius 1 is 1.14 bits per heavy atom. The van der Waals surface area contributed by atoms with Crippen LogP contribution in [0.5, 0.6) is 0 Å². The monoisotopic (exact) mass is 288 g/mol. The van der Waals surface area contributed by atoms with E-state index in [9.17, 15) is 9.90 Å². The second-order valence-electron chi connectivity index (χ2n) is 8.31. The molecule has 3 saturated carbocycles. The normalized spacial score (nSPS) is 57.7. The van der Waals surface area contributed by atoms with E-state index in [0.717, 1.165) is 44.9 Å². The van der Waals surface area contributed by atoms with Gasteiger partial charge < -0.3 is 9.84 Å². The van der Waals surface area contributed by atoms with Gasteiger partial charge in [0, 0.05) is 6.42 Å². The third-order valence-electron chi connectivity index (χ3n) is 7.78. The fraction of sp³-hybridized carbons (Fsp3) is 0.833. The van der Waals surface area contributed by atoms with Gasteiger partial charge in [-0.2, -0.15) is 0 Å². The number of hydrogen-bond acceptors (Lipinski definition) is 3. The zero-order chi connectivity index (χ0) is 14.5. The van der Waals surface area contributed by atoms with Crippen LogP contribution < -0.4 is 0 Å². The lowest BCUT2D eigenvalue weighted by atomic mass is 9.52. The summed E-state index contributed by atoms with van der Waals surface area (Å²) in [5.41, 5.74) is 1.33. The van der Waals surface area contributed by atoms with Crippen LogP contribution in [0.2, 0.25) is 0 Å². The van der Waals surface area contributed by atoms with Crippen molar-refractivity contribution in [1.29, 1.82) is 0 Å². The molecule has 4 aliphatic carbocycles. The number of hydrogen-bond donors (Lipinski definition) is 1. The molecule has 4 fully saturated rings. The van der Waals surface area contributed by atoms with Gasteiger partial charge in [-0.1, -0.05) is 6.92 Å². The molecule has 1 aliphatic heterocycles. The lowest BCUT2D eigenvalue weighted by molar-refractivity contribution is -0.115. The number of fused-ring (bicyclic) bond motifs is 2. The van der Waals surface area contributed by atoms with Crippen molar-refractivity contribution in [3.05, 3.63) is 11.6 Å². The van der Waals surface area contributed by atoms with Crippen molar-refractivity contribution in [2.45, 2.75) is 75.6 Å². The predicted molar refractivity (Wildman–Crippen MR) is 77.7 cm³/mol. The van der Waals surface area contributed by atoms with Crippen LogP contribution in [0.15, 0.2) is 11.6 Å². The van der Waals surface area contributed by atoms with E-state index in [1.54, 1.807) is 0 Å². The minimum Gasteiger partial charge on any atom is -0.393 e. The largest absolute Gasteiger partial charge is 0.393 e. The number of aliphatic hydroxyl groups excluding tert-OH is 1. The van der Waals surface area contributed by atoms with Crippen LogP contribution in [0.3, 0.4) is 0 Å². The van der Waals surface area contributed by atoms with Crippen LogP contribution in [0.4, 0.5) is 0 Å². The molecule has 3 heteroatoms. The van der Waals surface area contributed by atoms with Crippen LogP contribution in [0, 0.1) is 17.3 Å². The molecular weight excluding hydrogens is 264 g/mol. The minimum atomic E-state index is -0.126. The van der Waals surface area contributed by atoms with Crippen molar-refractivity contribution < 1.29 is 14.6 Å². The Balaban J connectivity index is 1.56. The Kier molecular flexibility index (Phi) is 2.21. The molecule has 3 nitrogen and oxygen atoms in total. The quantitative estimate of drug-likeness (QED) is 0.697. The van der Waals surface area contributed by atoms with E-state index < -0.39 is 0 Å². The van der Waals surface area contributed by atoms with Gasteiger partial charge in [0.05, 0.1) is 6.10 Å². The van der Waals surface area contributed by atoms with Crippen LogP contribution in [-0.4, -0.2) is 28.2 Å². The number of rotatable bonds is 0. The molecule has 0 radical (unpaired) electrons. The highest BCUT2D eigenvalue weighted by Crippen LogP contribution is 2.74. The molecule has 114 valence electrons. The first kappa shape index (κ1) is 12.8. The first-order chi connectivity index (χ1) is 10.0. The standard InChI is InChI=1S/C18H24O3/c1-16-8-9-18-14(13(16)4-5-15(16)20)3-2-11-10-12(19)6-7-17(11,18)21-18/h10,13-15,20H,2-9H2,1H3/t13-,14-,15-,16-,17-,18-/m0/s1. The van der Waals surface area contributed by atoms with Gasteiger partial charge in [0.2, 0.25) is 0 Å². The SMILES string of the molecule is C[C@]12CC[C@@]34O[C@]35CCC(=O)C=C5CC[C@H]4[C@@H]1CC[C@@H]2O. The van der Waals surface area contributed by atoms with Crippen molar-refractivity contribution in [2.24, 2.45) is 17.3 Å². The summed E-state index contributed by atoms with van der Waals surface area (Å²) in [6, 6.07) is 0. The van der Waals surface area contributed by atoms with E-state index in [2.05, 4.69) is 6.92 Å². The average molecular weight is 288 g/mol. The molecule has 5 rings (SSSR count). The smallest absolute Gasteiger partial charge is 0.155 e. The molecule has 2 spiro atoms. The molecule has 0 aromatic heterocycles. The van der Waals surface area contributed by atoms with E-state index in [4.69, 9.17) is 4.74 Å². The maximum Gasteiger partial charge on any atom is 0.155 e. The van der Waals surface area contributed by atoms with E-state index in [1.807, 2.05) is 6.08 Å². The van der Waals surface area contributed by atoms with E-state index in [-0.39, 0.29) is 28.5 Å². The number of epoxide rings is 1. The molecule has 0 bridgehead atoms. The number of carbonyl (C=O) groups excluding carboxylic acids is 1. The summed E-state index contributed by atoms with van der Waals surface area (Å²) in [6.07, 6.45) is 9.78. The molecule has 1 saturated heterocycles. The van der Waals surface area contributed by atoms with Crippen molar-refractivity contribution >= 4 is 5.78 Å². The van der Waals surface area contributed by atoms with Crippen LogP contribution in [-0.2, 0) is 9.53 Å². The summed E-state index contributed by atoms with van der Waals surface area (Å²) in [5.74, 6) is 1.50. The Hall–Kier alpha value is -0.670. The van der Waals surface area contributed by atoms with E-state index in [0.29, 0.717) is 18.3 Å². The van der Waals surface area contributed by atoms with Gasteiger partial charge in [-0.3, -0.25) is 4.79 Å². The topological polar surface area (TPSA) is 49.8 Å². The van der Waals surface area contributed by atoms with Gasteiger partial charge in [-0.25, -0.2) is 0 Å². The number of aliphatic hydroxyl groups is 1. The number of ether oxygens (including phenoxy) is 1. The van der Waals surface area contributed by atoms with Crippen molar-refractivity contribution in [1.82, 2.24) is 0 Å². The summed E-state index contributed by atoms with van der Waals surface area (Å²) in [5, 5.41) is 10.4. The number of ketones is 1. The molecule has 0 aromatic rings. The zero-order valence-electron chi connectivity index (χ0n) is 12.7.